The molecule has 1 fully saturated rings. The first-order chi connectivity index (χ1) is 13.5. The molecule has 1 amide bonds. The molecule has 1 saturated heterocycles. The van der Waals surface area contributed by atoms with E-state index in [0.29, 0.717) is 18.5 Å². The van der Waals surface area contributed by atoms with Gasteiger partial charge in [0.05, 0.1) is 10.1 Å². The van der Waals surface area contributed by atoms with Crippen LogP contribution in [-0.4, -0.2) is 40.9 Å². The van der Waals surface area contributed by atoms with Crippen LogP contribution in [0.4, 0.5) is 5.69 Å². The highest BCUT2D eigenvalue weighted by molar-refractivity contribution is 7.14. The van der Waals surface area contributed by atoms with Crippen molar-refractivity contribution in [3.05, 3.63) is 63.9 Å². The number of aryl methyl sites for hydroxylation is 1. The van der Waals surface area contributed by atoms with Crippen molar-refractivity contribution >= 4 is 33.2 Å². The Morgan fingerprint density at radius 3 is 2.43 bits per heavy atom. The SMILES string of the molecule is Cc1cccc(N2CCN(C(=O)[C@H](C)n3sc4ccccc4c3=O)CC2)c1C. The molecule has 4 rings (SSSR count). The van der Waals surface area contributed by atoms with Gasteiger partial charge < -0.3 is 9.80 Å². The van der Waals surface area contributed by atoms with Gasteiger partial charge >= 0.3 is 0 Å². The molecule has 0 bridgehead atoms. The summed E-state index contributed by atoms with van der Waals surface area (Å²) in [5.74, 6) is 0.0225. The van der Waals surface area contributed by atoms with E-state index in [1.54, 1.807) is 3.96 Å². The standard InChI is InChI=1S/C22H25N3O2S/c1-15-7-6-9-19(16(15)2)23-11-13-24(14-12-23)21(26)17(3)25-22(27)18-8-4-5-10-20(18)28-25/h4-10,17H,11-14H2,1-3H3/t17-/m0/s1. The first-order valence-electron chi connectivity index (χ1n) is 9.68. The fraction of sp³-hybridized carbons (Fsp3) is 0.364. The third-order valence-electron chi connectivity index (χ3n) is 5.73. The molecule has 3 aromatic rings. The molecule has 146 valence electrons. The quantitative estimate of drug-likeness (QED) is 0.681. The zero-order chi connectivity index (χ0) is 19.8. The van der Waals surface area contributed by atoms with Gasteiger partial charge in [0.2, 0.25) is 5.91 Å². The number of benzene rings is 2. The van der Waals surface area contributed by atoms with Crippen molar-refractivity contribution in [2.45, 2.75) is 26.8 Å². The van der Waals surface area contributed by atoms with Crippen LogP contribution in [0.25, 0.3) is 10.1 Å². The van der Waals surface area contributed by atoms with Crippen molar-refractivity contribution in [3.63, 3.8) is 0 Å². The van der Waals surface area contributed by atoms with Crippen molar-refractivity contribution in [1.82, 2.24) is 8.86 Å². The topological polar surface area (TPSA) is 45.5 Å². The van der Waals surface area contributed by atoms with Crippen LogP contribution in [0.2, 0.25) is 0 Å². The Bertz CT molecular complexity index is 1080. The van der Waals surface area contributed by atoms with Crippen LogP contribution >= 0.6 is 11.5 Å². The lowest BCUT2D eigenvalue weighted by Gasteiger charge is -2.38. The third-order valence-corrected chi connectivity index (χ3v) is 6.96. The van der Waals surface area contributed by atoms with E-state index in [4.69, 9.17) is 0 Å². The van der Waals surface area contributed by atoms with Crippen LogP contribution < -0.4 is 10.5 Å². The second-order valence-corrected chi connectivity index (χ2v) is 8.44. The van der Waals surface area contributed by atoms with Crippen LogP contribution in [0.5, 0.6) is 0 Å². The van der Waals surface area contributed by atoms with Gasteiger partial charge in [0.1, 0.15) is 6.04 Å². The molecule has 1 aromatic heterocycles. The zero-order valence-corrected chi connectivity index (χ0v) is 17.3. The normalized spacial score (nSPS) is 15.8. The first-order valence-corrected chi connectivity index (χ1v) is 10.4. The summed E-state index contributed by atoms with van der Waals surface area (Å²) >= 11 is 1.37. The van der Waals surface area contributed by atoms with Crippen molar-refractivity contribution in [2.75, 3.05) is 31.1 Å². The fourth-order valence-corrected chi connectivity index (χ4v) is 4.89. The number of rotatable bonds is 3. The number of nitrogens with zero attached hydrogens (tertiary/aromatic N) is 3. The van der Waals surface area contributed by atoms with Crippen molar-refractivity contribution < 1.29 is 4.79 Å². The highest BCUT2D eigenvalue weighted by atomic mass is 32.1. The molecule has 1 atom stereocenters. The Morgan fingerprint density at radius 1 is 1.00 bits per heavy atom. The lowest BCUT2D eigenvalue weighted by atomic mass is 10.1. The Kier molecular flexibility index (Phi) is 4.98. The van der Waals surface area contributed by atoms with E-state index in [-0.39, 0.29) is 11.5 Å². The number of anilines is 1. The number of amides is 1. The minimum atomic E-state index is -0.475. The molecule has 28 heavy (non-hydrogen) atoms. The van der Waals surface area contributed by atoms with E-state index >= 15 is 0 Å². The monoisotopic (exact) mass is 395 g/mol. The van der Waals surface area contributed by atoms with Crippen LogP contribution in [0.15, 0.2) is 47.3 Å². The molecular weight excluding hydrogens is 370 g/mol. The van der Waals surface area contributed by atoms with Gasteiger partial charge in [-0.15, -0.1) is 0 Å². The second-order valence-electron chi connectivity index (χ2n) is 7.43. The number of carbonyl (C=O) groups is 1. The van der Waals surface area contributed by atoms with Crippen LogP contribution in [0.1, 0.15) is 24.1 Å². The minimum Gasteiger partial charge on any atom is -0.368 e. The van der Waals surface area contributed by atoms with Crippen molar-refractivity contribution in [3.8, 4) is 0 Å². The summed E-state index contributed by atoms with van der Waals surface area (Å²) in [6, 6.07) is 13.4. The molecule has 1 aliphatic heterocycles. The molecule has 0 radical (unpaired) electrons. The van der Waals surface area contributed by atoms with Gasteiger partial charge in [-0.05, 0) is 50.1 Å². The molecule has 0 N–H and O–H groups in total. The number of aromatic nitrogens is 1. The van der Waals surface area contributed by atoms with Gasteiger partial charge in [-0.1, -0.05) is 35.8 Å². The maximum absolute atomic E-state index is 13.0. The number of hydrogen-bond acceptors (Lipinski definition) is 4. The van der Waals surface area contributed by atoms with E-state index in [9.17, 15) is 9.59 Å². The molecule has 0 saturated carbocycles. The summed E-state index contributed by atoms with van der Waals surface area (Å²) in [7, 11) is 0. The number of fused-ring (bicyclic) bond motifs is 1. The summed E-state index contributed by atoms with van der Waals surface area (Å²) in [6.07, 6.45) is 0. The fourth-order valence-electron chi connectivity index (χ4n) is 3.85. The van der Waals surface area contributed by atoms with E-state index in [1.807, 2.05) is 36.1 Å². The maximum atomic E-state index is 13.0. The number of piperazine rings is 1. The van der Waals surface area contributed by atoms with Gasteiger partial charge in [0.15, 0.2) is 0 Å². The van der Waals surface area contributed by atoms with Crippen molar-refractivity contribution in [2.24, 2.45) is 0 Å². The Hall–Kier alpha value is -2.60. The summed E-state index contributed by atoms with van der Waals surface area (Å²) in [5, 5.41) is 0.687. The first kappa shape index (κ1) is 18.7. The lowest BCUT2D eigenvalue weighted by Crippen LogP contribution is -2.50. The van der Waals surface area contributed by atoms with Crippen molar-refractivity contribution in [1.29, 1.82) is 0 Å². The molecule has 2 aromatic carbocycles. The molecular formula is C22H25N3O2S. The Labute approximate surface area is 169 Å². The molecule has 0 aliphatic carbocycles. The predicted molar refractivity (Wildman–Crippen MR) is 116 cm³/mol. The highest BCUT2D eigenvalue weighted by Crippen LogP contribution is 2.25. The van der Waals surface area contributed by atoms with Crippen LogP contribution in [0.3, 0.4) is 0 Å². The molecule has 6 heteroatoms. The highest BCUT2D eigenvalue weighted by Gasteiger charge is 2.28. The molecule has 0 unspecified atom stereocenters. The van der Waals surface area contributed by atoms with Crippen LogP contribution in [-0.2, 0) is 4.79 Å². The smallest absolute Gasteiger partial charge is 0.269 e. The van der Waals surface area contributed by atoms with E-state index in [0.717, 1.165) is 17.8 Å². The van der Waals surface area contributed by atoms with E-state index in [2.05, 4.69) is 36.9 Å². The van der Waals surface area contributed by atoms with Crippen LogP contribution in [0, 0.1) is 13.8 Å². The molecule has 0 spiro atoms. The minimum absolute atomic E-state index is 0.0225. The lowest BCUT2D eigenvalue weighted by molar-refractivity contribution is -0.134. The number of carbonyl (C=O) groups excluding carboxylic acids is 1. The molecule has 5 nitrogen and oxygen atoms in total. The van der Waals surface area contributed by atoms with Gasteiger partial charge in [-0.25, -0.2) is 0 Å². The summed E-state index contributed by atoms with van der Waals surface area (Å²) in [5.41, 5.74) is 3.76. The maximum Gasteiger partial charge on any atom is 0.269 e. The van der Waals surface area contributed by atoms with Gasteiger partial charge in [0, 0.05) is 31.9 Å². The Morgan fingerprint density at radius 2 is 1.71 bits per heavy atom. The average Bonchev–Trinajstić information content (AvgIpc) is 3.06. The summed E-state index contributed by atoms with van der Waals surface area (Å²) in [6.45, 7) is 9.08. The largest absolute Gasteiger partial charge is 0.368 e. The Balaban J connectivity index is 1.48. The molecule has 2 heterocycles. The second kappa shape index (κ2) is 7.43. The third kappa shape index (κ3) is 3.22. The van der Waals surface area contributed by atoms with Gasteiger partial charge in [-0.3, -0.25) is 13.5 Å². The summed E-state index contributed by atoms with van der Waals surface area (Å²) < 4.78 is 2.54. The van der Waals surface area contributed by atoms with E-state index in [1.165, 1.54) is 28.3 Å². The number of hydrogen-bond donors (Lipinski definition) is 0. The van der Waals surface area contributed by atoms with E-state index < -0.39 is 6.04 Å². The predicted octanol–water partition coefficient (Wildman–Crippen LogP) is 3.59. The molecule has 1 aliphatic rings. The van der Waals surface area contributed by atoms with Gasteiger partial charge in [0.25, 0.3) is 5.56 Å². The zero-order valence-electron chi connectivity index (χ0n) is 16.5. The summed E-state index contributed by atoms with van der Waals surface area (Å²) in [4.78, 5) is 29.9. The average molecular weight is 396 g/mol. The van der Waals surface area contributed by atoms with Gasteiger partial charge in [-0.2, -0.15) is 0 Å².